The number of methoxy groups -OCH3 is 1. The van der Waals surface area contributed by atoms with Crippen molar-refractivity contribution in [1.82, 2.24) is 0 Å². The maximum Gasteiger partial charge on any atom is 1.00 e. The molecule has 2 heterocycles. The molecule has 2 saturated heterocycles. The van der Waals surface area contributed by atoms with Crippen LogP contribution in [0.3, 0.4) is 0 Å². The van der Waals surface area contributed by atoms with Gasteiger partial charge in [-0.3, -0.25) is 0 Å². The Morgan fingerprint density at radius 2 is 1.56 bits per heavy atom. The van der Waals surface area contributed by atoms with E-state index in [1.165, 1.54) is 7.11 Å². The number of rotatable bonds is 8. The van der Waals surface area contributed by atoms with Crippen LogP contribution in [0.25, 0.3) is 10.8 Å². The smallest absolute Gasteiger partial charge is 0.790 e. The number of hydrogen-bond donors (Lipinski definition) is 5. The Morgan fingerprint density at radius 3 is 2.18 bits per heavy atom. The molecule has 0 unspecified atom stereocenters. The van der Waals surface area contributed by atoms with Crippen LogP contribution in [0.4, 0.5) is 0 Å². The summed E-state index contributed by atoms with van der Waals surface area (Å²) in [5, 5.41) is 51.7. The monoisotopic (exact) mass is 592 g/mol. The molecular formula is C22H27Na2O14P. The summed E-state index contributed by atoms with van der Waals surface area (Å²) >= 11 is 0. The van der Waals surface area contributed by atoms with Gasteiger partial charge in [0.25, 0.3) is 0 Å². The second-order valence-electron chi connectivity index (χ2n) is 8.57. The van der Waals surface area contributed by atoms with Crippen LogP contribution < -0.4 is 78.4 Å². The number of benzene rings is 2. The van der Waals surface area contributed by atoms with E-state index in [-0.39, 0.29) is 64.9 Å². The van der Waals surface area contributed by atoms with Crippen molar-refractivity contribution in [2.24, 2.45) is 0 Å². The van der Waals surface area contributed by atoms with Crippen molar-refractivity contribution in [2.45, 2.75) is 55.3 Å². The molecule has 206 valence electrons. The van der Waals surface area contributed by atoms with E-state index in [4.69, 9.17) is 23.7 Å². The minimum Gasteiger partial charge on any atom is -0.790 e. The van der Waals surface area contributed by atoms with E-state index < -0.39 is 76.3 Å². The van der Waals surface area contributed by atoms with Gasteiger partial charge in [-0.25, -0.2) is 0 Å². The number of hydrogen-bond acceptors (Lipinski definition) is 14. The van der Waals surface area contributed by atoms with E-state index in [0.29, 0.717) is 11.1 Å². The van der Waals surface area contributed by atoms with Crippen molar-refractivity contribution >= 4 is 18.6 Å². The van der Waals surface area contributed by atoms with Crippen molar-refractivity contribution in [3.8, 4) is 11.5 Å². The summed E-state index contributed by atoms with van der Waals surface area (Å²) < 4.78 is 43.1. The van der Waals surface area contributed by atoms with Crippen LogP contribution in [-0.2, 0) is 23.3 Å². The molecular weight excluding hydrogens is 565 g/mol. The minimum absolute atomic E-state index is 0. The first kappa shape index (κ1) is 35.3. The van der Waals surface area contributed by atoms with Crippen molar-refractivity contribution in [1.29, 1.82) is 0 Å². The molecule has 17 heteroatoms. The Bertz CT molecular complexity index is 1120. The number of aliphatic hydroxyl groups excluding tert-OH is 5. The molecule has 2 aromatic rings. The maximum absolute atomic E-state index is 11.4. The standard InChI is InChI=1S/C22H29O14P.2Na/c1-31-12-4-2-10-3-5-13(7-11(10)6-12)33-22-20(36-37(28,29)30)17(25)15(9-32-22)35-21-19(27)18(26)16(24)14(8-23)34-21;;/h2-7,14-27H,8-9H2,1H3,(H2,28,29,30);;/q;2*+1/p-2/t14-,15-,16+,17+,18+,19-,20-,21+,22+;;/m1../s1. The van der Waals surface area contributed by atoms with Crippen LogP contribution in [-0.4, -0.2) is 101 Å². The van der Waals surface area contributed by atoms with E-state index in [2.05, 4.69) is 4.52 Å². The normalized spacial score (nSPS) is 33.1. The average molecular weight is 592 g/mol. The average Bonchev–Trinajstić information content (AvgIpc) is 2.86. The third-order valence-electron chi connectivity index (χ3n) is 6.09. The third kappa shape index (κ3) is 8.57. The first-order valence-corrected chi connectivity index (χ1v) is 12.7. The van der Waals surface area contributed by atoms with Crippen LogP contribution in [0.15, 0.2) is 36.4 Å². The van der Waals surface area contributed by atoms with Crippen LogP contribution in [0.5, 0.6) is 11.5 Å². The second-order valence-corrected chi connectivity index (χ2v) is 9.68. The van der Waals surface area contributed by atoms with Gasteiger partial charge in [-0.05, 0) is 35.0 Å². The Hall–Kier alpha value is 0.0900. The number of ether oxygens (including phenoxy) is 5. The second kappa shape index (κ2) is 15.0. The van der Waals surface area contributed by atoms with E-state index in [9.17, 15) is 39.9 Å². The van der Waals surface area contributed by atoms with E-state index in [1.807, 2.05) is 6.07 Å². The fourth-order valence-corrected chi connectivity index (χ4v) is 4.65. The molecule has 0 bridgehead atoms. The van der Waals surface area contributed by atoms with Crippen molar-refractivity contribution in [3.05, 3.63) is 36.4 Å². The zero-order chi connectivity index (χ0) is 26.9. The first-order valence-electron chi connectivity index (χ1n) is 11.2. The molecule has 39 heavy (non-hydrogen) atoms. The van der Waals surface area contributed by atoms with Gasteiger partial charge in [-0.2, -0.15) is 0 Å². The van der Waals surface area contributed by atoms with E-state index >= 15 is 0 Å². The van der Waals surface area contributed by atoms with Gasteiger partial charge in [0.15, 0.2) is 12.4 Å². The Kier molecular flexibility index (Phi) is 13.6. The molecule has 4 rings (SSSR count). The quantitative estimate of drug-likeness (QED) is 0.142. The van der Waals surface area contributed by atoms with Crippen LogP contribution in [0, 0.1) is 0 Å². The van der Waals surface area contributed by atoms with Crippen LogP contribution in [0.1, 0.15) is 0 Å². The number of aliphatic hydroxyl groups is 5. The Labute approximate surface area is 267 Å². The molecule has 2 fully saturated rings. The molecule has 2 aromatic carbocycles. The summed E-state index contributed by atoms with van der Waals surface area (Å²) in [5.74, 6) is 0.786. The predicted molar refractivity (Wildman–Crippen MR) is 118 cm³/mol. The molecule has 0 spiro atoms. The molecule has 5 N–H and O–H groups in total. The first-order chi connectivity index (χ1) is 17.5. The largest absolute Gasteiger partial charge is 1.00 e. The fourth-order valence-electron chi connectivity index (χ4n) is 4.13. The van der Waals surface area contributed by atoms with Crippen LogP contribution in [0.2, 0.25) is 0 Å². The number of fused-ring (bicyclic) bond motifs is 1. The van der Waals surface area contributed by atoms with Gasteiger partial charge in [0.1, 0.15) is 48.1 Å². The minimum atomic E-state index is -5.66. The van der Waals surface area contributed by atoms with Gasteiger partial charge < -0.3 is 68.1 Å². The number of phosphoric ester groups is 1. The molecule has 9 atom stereocenters. The molecule has 0 amide bonds. The molecule has 0 saturated carbocycles. The molecule has 0 radical (unpaired) electrons. The summed E-state index contributed by atoms with van der Waals surface area (Å²) in [6.45, 7) is -1.16. The summed E-state index contributed by atoms with van der Waals surface area (Å²) in [7, 11) is -4.15. The third-order valence-corrected chi connectivity index (χ3v) is 6.59. The molecule has 14 nitrogen and oxygen atoms in total. The Morgan fingerprint density at radius 1 is 0.923 bits per heavy atom. The molecule has 2 aliphatic heterocycles. The van der Waals surface area contributed by atoms with Crippen LogP contribution >= 0.6 is 7.82 Å². The van der Waals surface area contributed by atoms with Crippen molar-refractivity contribution < 1.29 is 127 Å². The van der Waals surface area contributed by atoms with E-state index in [1.54, 1.807) is 30.3 Å². The molecule has 0 aromatic heterocycles. The summed E-state index contributed by atoms with van der Waals surface area (Å²) in [5.41, 5.74) is 0. The zero-order valence-electron chi connectivity index (χ0n) is 21.4. The van der Waals surface area contributed by atoms with Gasteiger partial charge in [-0.1, -0.05) is 12.1 Å². The fraction of sp³-hybridized carbons (Fsp3) is 0.545. The molecule has 0 aliphatic carbocycles. The number of phosphoric acid groups is 1. The Balaban J connectivity index is 0.00000267. The molecule has 2 aliphatic rings. The van der Waals surface area contributed by atoms with Gasteiger partial charge in [0.05, 0.1) is 28.1 Å². The summed E-state index contributed by atoms with van der Waals surface area (Å²) in [4.78, 5) is 22.8. The van der Waals surface area contributed by atoms with Gasteiger partial charge in [0.2, 0.25) is 6.29 Å². The predicted octanol–water partition coefficient (Wildman–Crippen LogP) is -8.65. The maximum atomic E-state index is 11.4. The van der Waals surface area contributed by atoms with Gasteiger partial charge in [0, 0.05) is 0 Å². The van der Waals surface area contributed by atoms with Gasteiger partial charge in [-0.15, -0.1) is 0 Å². The topological polar surface area (TPSA) is 220 Å². The zero-order valence-corrected chi connectivity index (χ0v) is 26.3. The van der Waals surface area contributed by atoms with E-state index in [0.717, 1.165) is 5.39 Å². The summed E-state index contributed by atoms with van der Waals surface area (Å²) in [6.07, 6.45) is -14.9. The SMILES string of the molecule is COc1ccc2ccc(O[C@@H]3OC[C@@H](O[C@@H]4O[C@H](CO)[C@H](O)[C@H](O)[C@H]4O)[C@H](O)[C@H]3OP(=O)([O-])[O-])cc2c1.[Na+].[Na+]. The van der Waals surface area contributed by atoms with Crippen molar-refractivity contribution in [2.75, 3.05) is 20.3 Å². The summed E-state index contributed by atoms with van der Waals surface area (Å²) in [6, 6.07) is 10.2. The van der Waals surface area contributed by atoms with Gasteiger partial charge >= 0.3 is 59.1 Å². The van der Waals surface area contributed by atoms with Crippen molar-refractivity contribution in [3.63, 3.8) is 0 Å².